The van der Waals surface area contributed by atoms with E-state index in [4.69, 9.17) is 9.47 Å². The molecule has 0 N–H and O–H groups in total. The summed E-state index contributed by atoms with van der Waals surface area (Å²) in [6, 6.07) is 9.61. The summed E-state index contributed by atoms with van der Waals surface area (Å²) in [6.07, 6.45) is 0. The molecule has 0 spiro atoms. The molecule has 1 rings (SSSR count). The standard InChI is InChI=1S/C13H18O3/c1-3-15-9-10-16-13(14)11(2)12-7-5-4-6-8-12/h4-8,11H,3,9-10H2,1-2H3. The van der Waals surface area contributed by atoms with Crippen LogP contribution in [0.5, 0.6) is 0 Å². The van der Waals surface area contributed by atoms with Crippen LogP contribution in [0.15, 0.2) is 30.3 Å². The van der Waals surface area contributed by atoms with Crippen LogP contribution in [-0.4, -0.2) is 25.8 Å². The van der Waals surface area contributed by atoms with Gasteiger partial charge >= 0.3 is 5.97 Å². The number of hydrogen-bond acceptors (Lipinski definition) is 3. The maximum Gasteiger partial charge on any atom is 0.313 e. The highest BCUT2D eigenvalue weighted by molar-refractivity contribution is 5.77. The molecule has 0 aliphatic rings. The van der Waals surface area contributed by atoms with Crippen molar-refractivity contribution in [1.82, 2.24) is 0 Å². The van der Waals surface area contributed by atoms with Crippen molar-refractivity contribution in [3.63, 3.8) is 0 Å². The van der Waals surface area contributed by atoms with Crippen molar-refractivity contribution in [2.45, 2.75) is 19.8 Å². The van der Waals surface area contributed by atoms with Crippen LogP contribution in [-0.2, 0) is 14.3 Å². The van der Waals surface area contributed by atoms with Crippen LogP contribution in [0, 0.1) is 0 Å². The van der Waals surface area contributed by atoms with Crippen LogP contribution in [0.1, 0.15) is 25.3 Å². The summed E-state index contributed by atoms with van der Waals surface area (Å²) in [4.78, 5) is 11.6. The highest BCUT2D eigenvalue weighted by Gasteiger charge is 2.15. The fraction of sp³-hybridized carbons (Fsp3) is 0.462. The average molecular weight is 222 g/mol. The molecule has 1 aromatic carbocycles. The normalized spacial score (nSPS) is 12.1. The largest absolute Gasteiger partial charge is 0.463 e. The zero-order valence-corrected chi connectivity index (χ0v) is 9.81. The molecule has 1 unspecified atom stereocenters. The molecular formula is C13H18O3. The Morgan fingerprint density at radius 1 is 1.25 bits per heavy atom. The SMILES string of the molecule is CCOCCOC(=O)C(C)c1ccccc1. The van der Waals surface area contributed by atoms with Crippen molar-refractivity contribution in [1.29, 1.82) is 0 Å². The first-order valence-corrected chi connectivity index (χ1v) is 5.55. The van der Waals surface area contributed by atoms with Crippen molar-refractivity contribution in [2.24, 2.45) is 0 Å². The van der Waals surface area contributed by atoms with E-state index in [1.165, 1.54) is 0 Å². The smallest absolute Gasteiger partial charge is 0.313 e. The van der Waals surface area contributed by atoms with Crippen LogP contribution in [0.2, 0.25) is 0 Å². The Hall–Kier alpha value is -1.35. The van der Waals surface area contributed by atoms with Crippen molar-refractivity contribution in [3.05, 3.63) is 35.9 Å². The molecule has 0 heterocycles. The van der Waals surface area contributed by atoms with Gasteiger partial charge in [0, 0.05) is 6.61 Å². The van der Waals surface area contributed by atoms with Gasteiger partial charge in [0.2, 0.25) is 0 Å². The Morgan fingerprint density at radius 2 is 1.94 bits per heavy atom. The zero-order chi connectivity index (χ0) is 11.8. The van der Waals surface area contributed by atoms with Gasteiger partial charge in [-0.25, -0.2) is 0 Å². The Bertz CT molecular complexity index is 308. The molecule has 88 valence electrons. The molecule has 0 bridgehead atoms. The molecule has 1 aromatic rings. The maximum absolute atomic E-state index is 11.6. The molecule has 0 radical (unpaired) electrons. The molecule has 16 heavy (non-hydrogen) atoms. The minimum absolute atomic E-state index is 0.203. The van der Waals surface area contributed by atoms with Gasteiger partial charge in [-0.15, -0.1) is 0 Å². The van der Waals surface area contributed by atoms with E-state index in [1.807, 2.05) is 44.2 Å². The lowest BCUT2D eigenvalue weighted by atomic mass is 10.0. The monoisotopic (exact) mass is 222 g/mol. The van der Waals surface area contributed by atoms with Gasteiger partial charge < -0.3 is 9.47 Å². The van der Waals surface area contributed by atoms with Crippen LogP contribution in [0.4, 0.5) is 0 Å². The summed E-state index contributed by atoms with van der Waals surface area (Å²) in [6.45, 7) is 5.19. The molecule has 3 nitrogen and oxygen atoms in total. The van der Waals surface area contributed by atoms with E-state index < -0.39 is 0 Å². The predicted octanol–water partition coefficient (Wildman–Crippen LogP) is 2.37. The molecule has 0 aromatic heterocycles. The van der Waals surface area contributed by atoms with Crippen LogP contribution >= 0.6 is 0 Å². The number of rotatable bonds is 6. The number of esters is 1. The lowest BCUT2D eigenvalue weighted by Crippen LogP contribution is -2.16. The second-order valence-corrected chi connectivity index (χ2v) is 3.50. The van der Waals surface area contributed by atoms with Gasteiger partial charge in [0.05, 0.1) is 12.5 Å². The van der Waals surface area contributed by atoms with Crippen molar-refractivity contribution >= 4 is 5.97 Å². The van der Waals surface area contributed by atoms with Crippen LogP contribution in [0.25, 0.3) is 0 Å². The van der Waals surface area contributed by atoms with Gasteiger partial charge in [0.15, 0.2) is 0 Å². The van der Waals surface area contributed by atoms with E-state index in [1.54, 1.807) is 0 Å². The third kappa shape index (κ3) is 4.03. The van der Waals surface area contributed by atoms with E-state index in [2.05, 4.69) is 0 Å². The van der Waals surface area contributed by atoms with Gasteiger partial charge in [-0.3, -0.25) is 4.79 Å². The van der Waals surface area contributed by atoms with E-state index in [9.17, 15) is 4.79 Å². The molecule has 0 amide bonds. The lowest BCUT2D eigenvalue weighted by Gasteiger charge is -2.11. The minimum Gasteiger partial charge on any atom is -0.463 e. The molecular weight excluding hydrogens is 204 g/mol. The number of hydrogen-bond donors (Lipinski definition) is 0. The van der Waals surface area contributed by atoms with Crippen molar-refractivity contribution < 1.29 is 14.3 Å². The zero-order valence-electron chi connectivity index (χ0n) is 9.81. The summed E-state index contributed by atoms with van der Waals surface area (Å²) in [5, 5.41) is 0. The number of carbonyl (C=O) groups is 1. The van der Waals surface area contributed by atoms with Gasteiger partial charge in [-0.2, -0.15) is 0 Å². The second-order valence-electron chi connectivity index (χ2n) is 3.50. The Labute approximate surface area is 96.4 Å². The van der Waals surface area contributed by atoms with Gasteiger partial charge in [-0.1, -0.05) is 30.3 Å². The van der Waals surface area contributed by atoms with E-state index >= 15 is 0 Å². The molecule has 0 fully saturated rings. The first-order chi connectivity index (χ1) is 7.75. The molecule has 0 saturated heterocycles. The summed E-state index contributed by atoms with van der Waals surface area (Å²) in [7, 11) is 0. The predicted molar refractivity (Wildman–Crippen MR) is 62.3 cm³/mol. The topological polar surface area (TPSA) is 35.5 Å². The first-order valence-electron chi connectivity index (χ1n) is 5.55. The fourth-order valence-electron chi connectivity index (χ4n) is 1.35. The lowest BCUT2D eigenvalue weighted by molar-refractivity contribution is -0.146. The molecule has 0 saturated carbocycles. The first kappa shape index (κ1) is 12.7. The molecule has 3 heteroatoms. The second kappa shape index (κ2) is 7.01. The number of carbonyl (C=O) groups excluding carboxylic acids is 1. The van der Waals surface area contributed by atoms with Crippen LogP contribution < -0.4 is 0 Å². The van der Waals surface area contributed by atoms with Gasteiger partial charge in [0.25, 0.3) is 0 Å². The van der Waals surface area contributed by atoms with Gasteiger partial charge in [0.1, 0.15) is 6.61 Å². The Balaban J connectivity index is 2.37. The van der Waals surface area contributed by atoms with Gasteiger partial charge in [-0.05, 0) is 19.4 Å². The van der Waals surface area contributed by atoms with E-state index in [0.29, 0.717) is 19.8 Å². The quantitative estimate of drug-likeness (QED) is 0.547. The average Bonchev–Trinajstić information content (AvgIpc) is 2.34. The van der Waals surface area contributed by atoms with Crippen molar-refractivity contribution in [3.8, 4) is 0 Å². The molecule has 0 aliphatic carbocycles. The third-order valence-corrected chi connectivity index (χ3v) is 2.33. The summed E-state index contributed by atoms with van der Waals surface area (Å²) < 4.78 is 10.2. The summed E-state index contributed by atoms with van der Waals surface area (Å²) in [5.74, 6) is -0.422. The van der Waals surface area contributed by atoms with E-state index in [0.717, 1.165) is 5.56 Å². The third-order valence-electron chi connectivity index (χ3n) is 2.33. The minimum atomic E-state index is -0.220. The molecule has 0 aliphatic heterocycles. The van der Waals surface area contributed by atoms with Crippen molar-refractivity contribution in [2.75, 3.05) is 19.8 Å². The summed E-state index contributed by atoms with van der Waals surface area (Å²) in [5.41, 5.74) is 0.976. The number of ether oxygens (including phenoxy) is 2. The molecule has 1 atom stereocenters. The Kier molecular flexibility index (Phi) is 5.57. The highest BCUT2D eigenvalue weighted by Crippen LogP contribution is 2.15. The van der Waals surface area contributed by atoms with Crippen LogP contribution in [0.3, 0.4) is 0 Å². The summed E-state index contributed by atoms with van der Waals surface area (Å²) >= 11 is 0. The highest BCUT2D eigenvalue weighted by atomic mass is 16.6. The van der Waals surface area contributed by atoms with E-state index in [-0.39, 0.29) is 11.9 Å². The number of benzene rings is 1. The maximum atomic E-state index is 11.6. The Morgan fingerprint density at radius 3 is 2.56 bits per heavy atom. The fourth-order valence-corrected chi connectivity index (χ4v) is 1.35.